The second-order valence-corrected chi connectivity index (χ2v) is 7.80. The molecule has 1 fully saturated rings. The fraction of sp³-hybridized carbons (Fsp3) is 0.625. The molecule has 1 unspecified atom stereocenters. The maximum absolute atomic E-state index is 11.8. The Morgan fingerprint density at radius 1 is 1.39 bits per heavy atom. The monoisotopic (exact) mass is 328 g/mol. The zero-order chi connectivity index (χ0) is 13.3. The van der Waals surface area contributed by atoms with Crippen LogP contribution in [0.4, 0.5) is 5.82 Å². The van der Waals surface area contributed by atoms with Gasteiger partial charge >= 0.3 is 0 Å². The number of hydrogen-bond donors (Lipinski definition) is 0. The summed E-state index contributed by atoms with van der Waals surface area (Å²) < 4.78 is 23.5. The average Bonchev–Trinajstić information content (AvgIpc) is 2.31. The summed E-state index contributed by atoms with van der Waals surface area (Å²) in [6.45, 7) is 0.525. The van der Waals surface area contributed by atoms with Gasteiger partial charge in [0.05, 0.1) is 0 Å². The Hall–Kier alpha value is -0.310. The molecule has 0 bridgehead atoms. The lowest BCUT2D eigenvalue weighted by Gasteiger charge is -2.34. The Morgan fingerprint density at radius 2 is 2.11 bits per heavy atom. The quantitative estimate of drug-likeness (QED) is 0.804. The molecule has 0 amide bonds. The zero-order valence-corrected chi connectivity index (χ0v) is 12.5. The van der Waals surface area contributed by atoms with Crippen LogP contribution in [0.2, 0.25) is 10.4 Å². The van der Waals surface area contributed by atoms with Crippen molar-refractivity contribution in [2.45, 2.75) is 5.37 Å². The number of rotatable bonds is 2. The molecule has 1 aromatic heterocycles. The van der Waals surface area contributed by atoms with Gasteiger partial charge in [-0.1, -0.05) is 11.6 Å². The van der Waals surface area contributed by atoms with Gasteiger partial charge in [0.25, 0.3) is 0 Å². The maximum Gasteiger partial charge on any atom is 0.245 e. The van der Waals surface area contributed by atoms with E-state index in [0.29, 0.717) is 12.3 Å². The van der Waals surface area contributed by atoms with E-state index in [1.54, 1.807) is 16.7 Å². The normalized spacial score (nSPS) is 21.1. The number of hydrogen-bond acceptors (Lipinski definition) is 7. The highest BCUT2D eigenvalue weighted by Crippen LogP contribution is 2.29. The molecule has 100 valence electrons. The molecule has 0 aliphatic carbocycles. The van der Waals surface area contributed by atoms with Crippen molar-refractivity contribution in [1.29, 1.82) is 0 Å². The summed E-state index contributed by atoms with van der Waals surface area (Å²) in [5.41, 5.74) is 0. The van der Waals surface area contributed by atoms with Crippen LogP contribution in [-0.2, 0) is 9.84 Å². The van der Waals surface area contributed by atoms with Gasteiger partial charge in [-0.15, -0.1) is 10.2 Å². The van der Waals surface area contributed by atoms with E-state index >= 15 is 0 Å². The Morgan fingerprint density at radius 3 is 2.78 bits per heavy atom. The zero-order valence-electron chi connectivity index (χ0n) is 9.38. The highest BCUT2D eigenvalue weighted by atomic mass is 35.5. The average molecular weight is 329 g/mol. The molecule has 0 radical (unpaired) electrons. The molecule has 0 aromatic carbocycles. The number of sulfone groups is 1. The third-order valence-corrected chi connectivity index (χ3v) is 5.50. The topological polar surface area (TPSA) is 76.1 Å². The van der Waals surface area contributed by atoms with Crippen molar-refractivity contribution in [2.75, 3.05) is 29.2 Å². The Bertz CT molecular complexity index is 554. The van der Waals surface area contributed by atoms with Gasteiger partial charge in [-0.3, -0.25) is 0 Å². The minimum Gasteiger partial charge on any atom is -0.335 e. The van der Waals surface area contributed by atoms with E-state index in [0.717, 1.165) is 5.75 Å². The molecular formula is C8H10Cl2N4O2S2. The maximum atomic E-state index is 11.8. The van der Waals surface area contributed by atoms with E-state index in [4.69, 9.17) is 23.2 Å². The molecular weight excluding hydrogens is 319 g/mol. The molecule has 1 aliphatic rings. The minimum atomic E-state index is -3.24. The molecule has 2 rings (SSSR count). The second kappa shape index (κ2) is 5.36. The van der Waals surface area contributed by atoms with E-state index in [9.17, 15) is 8.42 Å². The first-order chi connectivity index (χ1) is 8.39. The van der Waals surface area contributed by atoms with Crippen LogP contribution in [0.5, 0.6) is 0 Å². The fourth-order valence-electron chi connectivity index (χ4n) is 1.65. The second-order valence-electron chi connectivity index (χ2n) is 3.75. The van der Waals surface area contributed by atoms with E-state index in [1.165, 1.54) is 6.26 Å². The Kier molecular flexibility index (Phi) is 4.20. The molecule has 18 heavy (non-hydrogen) atoms. The van der Waals surface area contributed by atoms with E-state index in [-0.39, 0.29) is 16.3 Å². The molecule has 6 nitrogen and oxygen atoms in total. The summed E-state index contributed by atoms with van der Waals surface area (Å²) in [6.07, 6.45) is 1.20. The Labute approximate surface area is 119 Å². The molecule has 0 spiro atoms. The van der Waals surface area contributed by atoms with Crippen molar-refractivity contribution in [3.8, 4) is 0 Å². The van der Waals surface area contributed by atoms with Crippen LogP contribution in [0.3, 0.4) is 0 Å². The van der Waals surface area contributed by atoms with Gasteiger partial charge in [0.2, 0.25) is 5.28 Å². The van der Waals surface area contributed by atoms with Gasteiger partial charge in [0, 0.05) is 24.3 Å². The number of aromatic nitrogens is 3. The van der Waals surface area contributed by atoms with Crippen LogP contribution in [0.15, 0.2) is 0 Å². The minimum absolute atomic E-state index is 0.0555. The van der Waals surface area contributed by atoms with Crippen molar-refractivity contribution in [3.63, 3.8) is 0 Å². The number of thioether (sulfide) groups is 1. The van der Waals surface area contributed by atoms with Crippen LogP contribution in [0.25, 0.3) is 0 Å². The first-order valence-corrected chi connectivity index (χ1v) is 8.85. The van der Waals surface area contributed by atoms with E-state index < -0.39 is 15.2 Å². The van der Waals surface area contributed by atoms with Gasteiger partial charge < -0.3 is 4.90 Å². The van der Waals surface area contributed by atoms with Gasteiger partial charge in [-0.2, -0.15) is 16.7 Å². The fourth-order valence-corrected chi connectivity index (χ4v) is 4.77. The first-order valence-electron chi connectivity index (χ1n) is 4.98. The lowest BCUT2D eigenvalue weighted by atomic mass is 10.5. The van der Waals surface area contributed by atoms with Gasteiger partial charge in [0.15, 0.2) is 20.8 Å². The van der Waals surface area contributed by atoms with Crippen molar-refractivity contribution in [2.24, 2.45) is 0 Å². The van der Waals surface area contributed by atoms with Crippen molar-refractivity contribution < 1.29 is 8.42 Å². The summed E-state index contributed by atoms with van der Waals surface area (Å²) in [5.74, 6) is 1.54. The first kappa shape index (κ1) is 14.1. The molecule has 1 aliphatic heterocycles. The van der Waals surface area contributed by atoms with Crippen molar-refractivity contribution in [3.05, 3.63) is 10.4 Å². The van der Waals surface area contributed by atoms with Crippen LogP contribution in [0.1, 0.15) is 0 Å². The number of anilines is 1. The third kappa shape index (κ3) is 2.98. The molecule has 1 aromatic rings. The summed E-state index contributed by atoms with van der Waals surface area (Å²) >= 11 is 13.2. The van der Waals surface area contributed by atoms with Gasteiger partial charge in [-0.05, 0) is 11.6 Å². The highest BCUT2D eigenvalue weighted by Gasteiger charge is 2.33. The third-order valence-electron chi connectivity index (χ3n) is 2.45. The van der Waals surface area contributed by atoms with Gasteiger partial charge in [0.1, 0.15) is 5.37 Å². The van der Waals surface area contributed by atoms with Gasteiger partial charge in [-0.25, -0.2) is 8.42 Å². The summed E-state index contributed by atoms with van der Waals surface area (Å²) in [6, 6.07) is 0. The van der Waals surface area contributed by atoms with Crippen LogP contribution >= 0.6 is 35.0 Å². The van der Waals surface area contributed by atoms with Crippen LogP contribution in [0, 0.1) is 0 Å². The summed E-state index contributed by atoms with van der Waals surface area (Å²) in [7, 11) is -3.24. The standard InChI is InChI=1S/C8H10Cl2N4O2S2/c1-18(15,16)5-4-17-3-2-14(5)7-6(9)12-13-8(10)11-7/h5H,2-4H2,1H3. The SMILES string of the molecule is CS(=O)(=O)C1CSCCN1c1nc(Cl)nnc1Cl. The molecule has 10 heteroatoms. The predicted octanol–water partition coefficient (Wildman–Crippen LogP) is 1.10. The Balaban J connectivity index is 2.43. The summed E-state index contributed by atoms with van der Waals surface area (Å²) in [5, 5.41) is 6.50. The predicted molar refractivity (Wildman–Crippen MR) is 73.1 cm³/mol. The molecule has 1 atom stereocenters. The van der Waals surface area contributed by atoms with Crippen molar-refractivity contribution in [1.82, 2.24) is 15.2 Å². The lowest BCUT2D eigenvalue weighted by Crippen LogP contribution is -2.47. The largest absolute Gasteiger partial charge is 0.335 e. The van der Waals surface area contributed by atoms with Crippen LogP contribution in [-0.4, -0.2) is 53.3 Å². The molecule has 0 N–H and O–H groups in total. The highest BCUT2D eigenvalue weighted by molar-refractivity contribution is 8.01. The smallest absolute Gasteiger partial charge is 0.245 e. The number of nitrogens with zero attached hydrogens (tertiary/aromatic N) is 4. The molecule has 1 saturated heterocycles. The lowest BCUT2D eigenvalue weighted by molar-refractivity contribution is 0.583. The van der Waals surface area contributed by atoms with E-state index in [2.05, 4.69) is 15.2 Å². The summed E-state index contributed by atoms with van der Waals surface area (Å²) in [4.78, 5) is 5.59. The molecule has 2 heterocycles. The molecule has 0 saturated carbocycles. The van der Waals surface area contributed by atoms with Crippen molar-refractivity contribution >= 4 is 50.6 Å². The van der Waals surface area contributed by atoms with E-state index in [1.807, 2.05) is 0 Å². The number of halogens is 2. The van der Waals surface area contributed by atoms with Crippen LogP contribution < -0.4 is 4.90 Å².